The maximum atomic E-state index is 3.94. The molecular weight excluding hydrogens is 158 g/mol. The summed E-state index contributed by atoms with van der Waals surface area (Å²) in [5, 5.41) is 1.35. The molecule has 1 nitrogen and oxygen atoms in total. The molecule has 1 aromatic carbocycles. The molecule has 67 valence electrons. The molecule has 0 N–H and O–H groups in total. The van der Waals surface area contributed by atoms with Gasteiger partial charge in [-0.1, -0.05) is 18.2 Å². The van der Waals surface area contributed by atoms with Crippen LogP contribution in [0.15, 0.2) is 30.5 Å². The highest BCUT2D eigenvalue weighted by molar-refractivity contribution is 5.84. The first kappa shape index (κ1) is 8.36. The van der Waals surface area contributed by atoms with E-state index >= 15 is 0 Å². The second-order valence-corrected chi connectivity index (χ2v) is 3.21. The van der Waals surface area contributed by atoms with E-state index in [2.05, 4.69) is 48.9 Å². The van der Waals surface area contributed by atoms with Gasteiger partial charge in [0.1, 0.15) is 0 Å². The molecule has 0 aliphatic carbocycles. The number of aryl methyl sites for hydroxylation is 1. The van der Waals surface area contributed by atoms with Gasteiger partial charge in [0.2, 0.25) is 0 Å². The van der Waals surface area contributed by atoms with E-state index in [9.17, 15) is 0 Å². The summed E-state index contributed by atoms with van der Waals surface area (Å²) in [7, 11) is 0. The van der Waals surface area contributed by atoms with Crippen LogP contribution in [0.25, 0.3) is 10.9 Å². The third-order valence-corrected chi connectivity index (χ3v) is 2.48. The largest absolute Gasteiger partial charge is 0.347 e. The van der Waals surface area contributed by atoms with Crippen molar-refractivity contribution in [3.63, 3.8) is 0 Å². The zero-order chi connectivity index (χ0) is 9.26. The van der Waals surface area contributed by atoms with Gasteiger partial charge in [-0.05, 0) is 31.9 Å². The molecule has 0 bridgehead atoms. The average Bonchev–Trinajstić information content (AvgIpc) is 2.56. The van der Waals surface area contributed by atoms with Crippen molar-refractivity contribution in [3.05, 3.63) is 42.9 Å². The molecular formula is C12H14N. The molecule has 0 unspecified atom stereocenters. The van der Waals surface area contributed by atoms with Crippen molar-refractivity contribution in [1.82, 2.24) is 4.57 Å². The van der Waals surface area contributed by atoms with Crippen LogP contribution in [0.1, 0.15) is 12.5 Å². The maximum absolute atomic E-state index is 3.94. The zero-order valence-electron chi connectivity index (χ0n) is 7.96. The van der Waals surface area contributed by atoms with Gasteiger partial charge in [-0.15, -0.1) is 0 Å². The summed E-state index contributed by atoms with van der Waals surface area (Å²) in [6.45, 7) is 7.13. The molecule has 1 heteroatoms. The Morgan fingerprint density at radius 1 is 1.31 bits per heavy atom. The van der Waals surface area contributed by atoms with Crippen LogP contribution in [-0.4, -0.2) is 4.57 Å². The number of para-hydroxylation sites is 1. The third kappa shape index (κ3) is 1.24. The van der Waals surface area contributed by atoms with Crippen molar-refractivity contribution < 1.29 is 0 Å². The highest BCUT2D eigenvalue weighted by Gasteiger charge is 2.03. The second kappa shape index (κ2) is 3.25. The zero-order valence-corrected chi connectivity index (χ0v) is 7.96. The van der Waals surface area contributed by atoms with Gasteiger partial charge in [-0.25, -0.2) is 0 Å². The lowest BCUT2D eigenvalue weighted by Gasteiger charge is -1.98. The van der Waals surface area contributed by atoms with Gasteiger partial charge in [0.05, 0.1) is 0 Å². The van der Waals surface area contributed by atoms with E-state index in [4.69, 9.17) is 0 Å². The first-order chi connectivity index (χ1) is 6.36. The highest BCUT2D eigenvalue weighted by atomic mass is 14.9. The molecule has 0 fully saturated rings. The van der Waals surface area contributed by atoms with Crippen LogP contribution in [0.3, 0.4) is 0 Å². The number of rotatable bonds is 2. The van der Waals surface area contributed by atoms with Gasteiger partial charge in [-0.2, -0.15) is 0 Å². The van der Waals surface area contributed by atoms with Crippen molar-refractivity contribution in [2.75, 3.05) is 0 Å². The Morgan fingerprint density at radius 2 is 2.08 bits per heavy atom. The minimum absolute atomic E-state index is 0.869. The van der Waals surface area contributed by atoms with Crippen LogP contribution >= 0.6 is 0 Å². The first-order valence-corrected chi connectivity index (χ1v) is 4.72. The van der Waals surface area contributed by atoms with Gasteiger partial charge < -0.3 is 4.57 Å². The van der Waals surface area contributed by atoms with Crippen LogP contribution in [-0.2, 0) is 13.0 Å². The van der Waals surface area contributed by atoms with E-state index in [1.807, 2.05) is 0 Å². The topological polar surface area (TPSA) is 4.93 Å². The Balaban J connectivity index is 2.74. The molecule has 1 heterocycles. The van der Waals surface area contributed by atoms with E-state index in [0.29, 0.717) is 0 Å². The number of fused-ring (bicyclic) bond motifs is 1. The lowest BCUT2D eigenvalue weighted by molar-refractivity contribution is 0.794. The molecule has 0 saturated heterocycles. The van der Waals surface area contributed by atoms with E-state index in [1.54, 1.807) is 0 Å². The van der Waals surface area contributed by atoms with Gasteiger partial charge in [0.25, 0.3) is 0 Å². The van der Waals surface area contributed by atoms with Crippen molar-refractivity contribution >= 4 is 10.9 Å². The number of hydrogen-bond acceptors (Lipinski definition) is 0. The number of aromatic nitrogens is 1. The van der Waals surface area contributed by atoms with E-state index in [-0.39, 0.29) is 0 Å². The number of benzene rings is 1. The maximum Gasteiger partial charge on any atom is 0.0483 e. The molecule has 1 aromatic heterocycles. The first-order valence-electron chi connectivity index (χ1n) is 4.72. The van der Waals surface area contributed by atoms with Crippen LogP contribution < -0.4 is 0 Å². The summed E-state index contributed by atoms with van der Waals surface area (Å²) >= 11 is 0. The normalized spacial score (nSPS) is 10.9. The molecule has 2 aromatic rings. The van der Waals surface area contributed by atoms with E-state index in [0.717, 1.165) is 13.0 Å². The molecule has 0 spiro atoms. The van der Waals surface area contributed by atoms with E-state index < -0.39 is 0 Å². The third-order valence-electron chi connectivity index (χ3n) is 2.48. The fourth-order valence-electron chi connectivity index (χ4n) is 1.78. The van der Waals surface area contributed by atoms with Gasteiger partial charge in [0.15, 0.2) is 0 Å². The van der Waals surface area contributed by atoms with Crippen molar-refractivity contribution in [2.24, 2.45) is 0 Å². The van der Waals surface area contributed by atoms with Gasteiger partial charge in [-0.3, -0.25) is 0 Å². The summed E-state index contributed by atoms with van der Waals surface area (Å²) in [5.41, 5.74) is 2.67. The van der Waals surface area contributed by atoms with Crippen LogP contribution in [0.4, 0.5) is 0 Å². The SMILES string of the molecule is [CH2]Cc1cn(CC)c2ccccc12. The molecule has 0 aliphatic rings. The summed E-state index contributed by atoms with van der Waals surface area (Å²) in [5.74, 6) is 0. The smallest absolute Gasteiger partial charge is 0.0483 e. The van der Waals surface area contributed by atoms with Gasteiger partial charge in [0, 0.05) is 23.6 Å². The van der Waals surface area contributed by atoms with Gasteiger partial charge >= 0.3 is 0 Å². The molecule has 0 aliphatic heterocycles. The predicted octanol–water partition coefficient (Wildman–Crippen LogP) is 3.04. The Hall–Kier alpha value is -1.24. The molecule has 0 amide bonds. The van der Waals surface area contributed by atoms with Crippen LogP contribution in [0.5, 0.6) is 0 Å². The summed E-state index contributed by atoms with van der Waals surface area (Å²) in [6, 6.07) is 8.50. The summed E-state index contributed by atoms with van der Waals surface area (Å²) in [4.78, 5) is 0. The highest BCUT2D eigenvalue weighted by Crippen LogP contribution is 2.21. The Morgan fingerprint density at radius 3 is 2.77 bits per heavy atom. The lowest BCUT2D eigenvalue weighted by atomic mass is 10.1. The number of nitrogens with zero attached hydrogens (tertiary/aromatic N) is 1. The van der Waals surface area contributed by atoms with Crippen molar-refractivity contribution in [3.8, 4) is 0 Å². The minimum Gasteiger partial charge on any atom is -0.347 e. The molecule has 13 heavy (non-hydrogen) atoms. The molecule has 1 radical (unpaired) electrons. The Bertz CT molecular complexity index is 374. The second-order valence-electron chi connectivity index (χ2n) is 3.21. The molecule has 0 atom stereocenters. The monoisotopic (exact) mass is 172 g/mol. The molecule has 2 rings (SSSR count). The Kier molecular flexibility index (Phi) is 2.09. The average molecular weight is 172 g/mol. The Labute approximate surface area is 79.0 Å². The summed E-state index contributed by atoms with van der Waals surface area (Å²) < 4.78 is 2.27. The van der Waals surface area contributed by atoms with Crippen LogP contribution in [0.2, 0.25) is 0 Å². The predicted molar refractivity (Wildman–Crippen MR) is 56.7 cm³/mol. The lowest BCUT2D eigenvalue weighted by Crippen LogP contribution is -1.89. The van der Waals surface area contributed by atoms with E-state index in [1.165, 1.54) is 16.5 Å². The van der Waals surface area contributed by atoms with Crippen molar-refractivity contribution in [2.45, 2.75) is 19.9 Å². The fourth-order valence-corrected chi connectivity index (χ4v) is 1.78. The summed E-state index contributed by atoms with van der Waals surface area (Å²) in [6.07, 6.45) is 3.07. The quantitative estimate of drug-likeness (QED) is 0.656. The van der Waals surface area contributed by atoms with Crippen molar-refractivity contribution in [1.29, 1.82) is 0 Å². The minimum atomic E-state index is 0.869. The standard InChI is InChI=1S/C12H14N/c1-3-10-9-13(4-2)12-8-6-5-7-11(10)12/h5-9H,1,3-4H2,2H3. The molecule has 0 saturated carbocycles. The van der Waals surface area contributed by atoms with Crippen LogP contribution in [0, 0.1) is 6.92 Å². The number of hydrogen-bond donors (Lipinski definition) is 0. The fraction of sp³-hybridized carbons (Fsp3) is 0.250.